The van der Waals surface area contributed by atoms with E-state index in [-0.39, 0.29) is 18.3 Å². The molecule has 0 radical (unpaired) electrons. The monoisotopic (exact) mass is 499 g/mol. The molecule has 0 bridgehead atoms. The lowest BCUT2D eigenvalue weighted by molar-refractivity contribution is 0.223. The Bertz CT molecular complexity index is 1030. The van der Waals surface area contributed by atoms with Gasteiger partial charge in [0.2, 0.25) is 0 Å². The summed E-state index contributed by atoms with van der Waals surface area (Å²) >= 11 is 6.18. The van der Waals surface area contributed by atoms with E-state index in [4.69, 9.17) is 21.1 Å². The number of halogens is 2. The molecule has 3 aromatic rings. The molecule has 1 aliphatic carbocycles. The largest absolute Gasteiger partial charge is 0.497 e. The van der Waals surface area contributed by atoms with E-state index >= 15 is 0 Å². The van der Waals surface area contributed by atoms with Gasteiger partial charge >= 0.3 is 0 Å². The van der Waals surface area contributed by atoms with Gasteiger partial charge in [0.05, 0.1) is 7.11 Å². The minimum atomic E-state index is 0. The number of aryl methyl sites for hydroxylation is 1. The second kappa shape index (κ2) is 12.5. The quantitative estimate of drug-likeness (QED) is 0.307. The SMILES string of the molecule is CCN(CC)CCOc1ccc(C2c3ccc(OC)cc3CCC2c2ccc(Cl)cc2)cc1.Cl. The maximum absolute atomic E-state index is 6.18. The molecule has 0 fully saturated rings. The molecule has 0 spiro atoms. The molecule has 0 saturated heterocycles. The lowest BCUT2D eigenvalue weighted by Gasteiger charge is -2.35. The van der Waals surface area contributed by atoms with Crippen LogP contribution in [-0.4, -0.2) is 38.3 Å². The minimum absolute atomic E-state index is 0. The number of likely N-dealkylation sites (N-methyl/N-ethyl adjacent to an activating group) is 1. The number of benzene rings is 3. The molecule has 3 nitrogen and oxygen atoms in total. The van der Waals surface area contributed by atoms with Gasteiger partial charge in [-0.05, 0) is 90.5 Å². The van der Waals surface area contributed by atoms with Crippen LogP contribution in [0.15, 0.2) is 66.7 Å². The standard InChI is InChI=1S/C29H34ClNO2.ClH/c1-4-31(5-2)18-19-33-25-13-8-22(9-14-25)29-27(21-6-11-24(30)12-7-21)16-10-23-20-26(32-3)15-17-28(23)29;/h6-9,11-15,17,20,27,29H,4-5,10,16,18-19H2,1-3H3;1H. The maximum atomic E-state index is 6.18. The number of hydrogen-bond donors (Lipinski definition) is 0. The van der Waals surface area contributed by atoms with Gasteiger partial charge in [0, 0.05) is 17.5 Å². The van der Waals surface area contributed by atoms with Crippen molar-refractivity contribution in [3.05, 3.63) is 94.0 Å². The summed E-state index contributed by atoms with van der Waals surface area (Å²) in [5, 5.41) is 0.780. The van der Waals surface area contributed by atoms with Gasteiger partial charge < -0.3 is 14.4 Å². The Labute approximate surface area is 215 Å². The van der Waals surface area contributed by atoms with Crippen LogP contribution in [0.3, 0.4) is 0 Å². The molecule has 3 aromatic carbocycles. The van der Waals surface area contributed by atoms with E-state index in [2.05, 4.69) is 73.3 Å². The molecular formula is C29H35Cl2NO2. The molecule has 0 aliphatic heterocycles. The number of fused-ring (bicyclic) bond motifs is 1. The van der Waals surface area contributed by atoms with Crippen molar-refractivity contribution < 1.29 is 9.47 Å². The number of rotatable bonds is 9. The van der Waals surface area contributed by atoms with Crippen molar-refractivity contribution in [2.75, 3.05) is 33.4 Å². The summed E-state index contributed by atoms with van der Waals surface area (Å²) in [6.45, 7) is 8.14. The van der Waals surface area contributed by atoms with Crippen molar-refractivity contribution in [1.29, 1.82) is 0 Å². The Hall–Kier alpha value is -2.20. The van der Waals surface area contributed by atoms with Crippen LogP contribution in [0, 0.1) is 0 Å². The number of nitrogens with zero attached hydrogens (tertiary/aromatic N) is 1. The number of hydrogen-bond acceptors (Lipinski definition) is 3. The first-order valence-corrected chi connectivity index (χ1v) is 12.4. The minimum Gasteiger partial charge on any atom is -0.497 e. The molecule has 1 aliphatic rings. The highest BCUT2D eigenvalue weighted by atomic mass is 35.5. The summed E-state index contributed by atoms with van der Waals surface area (Å²) in [5.74, 6) is 2.54. The van der Waals surface area contributed by atoms with Crippen LogP contribution in [0.25, 0.3) is 0 Å². The van der Waals surface area contributed by atoms with Crippen molar-refractivity contribution in [1.82, 2.24) is 4.90 Å². The van der Waals surface area contributed by atoms with Crippen molar-refractivity contribution in [2.24, 2.45) is 0 Å². The van der Waals surface area contributed by atoms with E-state index in [1.807, 2.05) is 12.1 Å². The van der Waals surface area contributed by atoms with Crippen LogP contribution in [0.1, 0.15) is 54.4 Å². The van der Waals surface area contributed by atoms with Crippen LogP contribution in [0.2, 0.25) is 5.02 Å². The first-order valence-electron chi connectivity index (χ1n) is 12.0. The lowest BCUT2D eigenvalue weighted by Crippen LogP contribution is -2.27. The third kappa shape index (κ3) is 6.07. The van der Waals surface area contributed by atoms with Gasteiger partial charge in [0.25, 0.3) is 0 Å². The average molecular weight is 501 g/mol. The predicted octanol–water partition coefficient (Wildman–Crippen LogP) is 7.35. The zero-order valence-corrected chi connectivity index (χ0v) is 21.9. The summed E-state index contributed by atoms with van der Waals surface area (Å²) in [4.78, 5) is 2.37. The summed E-state index contributed by atoms with van der Waals surface area (Å²) in [7, 11) is 1.73. The summed E-state index contributed by atoms with van der Waals surface area (Å²) in [5.41, 5.74) is 5.42. The Morgan fingerprint density at radius 1 is 0.882 bits per heavy atom. The molecule has 0 aromatic heterocycles. The molecule has 0 saturated carbocycles. The van der Waals surface area contributed by atoms with Crippen molar-refractivity contribution in [3.63, 3.8) is 0 Å². The topological polar surface area (TPSA) is 21.7 Å². The number of ether oxygens (including phenoxy) is 2. The zero-order chi connectivity index (χ0) is 23.2. The molecule has 34 heavy (non-hydrogen) atoms. The Morgan fingerprint density at radius 3 is 2.18 bits per heavy atom. The first kappa shape index (κ1) is 26.4. The van der Waals surface area contributed by atoms with Gasteiger partial charge in [0.15, 0.2) is 0 Å². The molecule has 0 heterocycles. The normalized spacial score (nSPS) is 17.1. The lowest BCUT2D eigenvalue weighted by atomic mass is 9.69. The first-order chi connectivity index (χ1) is 16.1. The molecule has 0 N–H and O–H groups in total. The number of methoxy groups -OCH3 is 1. The van der Waals surface area contributed by atoms with E-state index in [0.29, 0.717) is 12.5 Å². The molecule has 2 atom stereocenters. The molecular weight excluding hydrogens is 465 g/mol. The zero-order valence-electron chi connectivity index (χ0n) is 20.3. The van der Waals surface area contributed by atoms with Crippen LogP contribution < -0.4 is 9.47 Å². The summed E-state index contributed by atoms with van der Waals surface area (Å²) in [6, 6.07) is 23.6. The van der Waals surface area contributed by atoms with Crippen LogP contribution >= 0.6 is 24.0 Å². The fraction of sp³-hybridized carbons (Fsp3) is 0.379. The second-order valence-electron chi connectivity index (χ2n) is 8.68. The average Bonchev–Trinajstić information content (AvgIpc) is 2.86. The van der Waals surface area contributed by atoms with Crippen molar-refractivity contribution in [2.45, 2.75) is 38.5 Å². The Kier molecular flexibility index (Phi) is 9.70. The van der Waals surface area contributed by atoms with Crippen LogP contribution in [0.5, 0.6) is 11.5 Å². The third-order valence-corrected chi connectivity index (χ3v) is 7.17. The highest BCUT2D eigenvalue weighted by molar-refractivity contribution is 6.30. The maximum Gasteiger partial charge on any atom is 0.119 e. The van der Waals surface area contributed by atoms with E-state index in [1.54, 1.807) is 7.11 Å². The summed E-state index contributed by atoms with van der Waals surface area (Å²) < 4.78 is 11.5. The van der Waals surface area contributed by atoms with Gasteiger partial charge in [-0.1, -0.05) is 55.8 Å². The van der Waals surface area contributed by atoms with Gasteiger partial charge in [-0.25, -0.2) is 0 Å². The van der Waals surface area contributed by atoms with Crippen molar-refractivity contribution in [3.8, 4) is 11.5 Å². The summed E-state index contributed by atoms with van der Waals surface area (Å²) in [6.07, 6.45) is 2.14. The van der Waals surface area contributed by atoms with E-state index < -0.39 is 0 Å². The molecule has 182 valence electrons. The van der Waals surface area contributed by atoms with Gasteiger partial charge in [-0.3, -0.25) is 0 Å². The smallest absolute Gasteiger partial charge is 0.119 e. The molecule has 0 amide bonds. The van der Waals surface area contributed by atoms with E-state index in [0.717, 1.165) is 49.0 Å². The fourth-order valence-corrected chi connectivity index (χ4v) is 5.13. The van der Waals surface area contributed by atoms with Gasteiger partial charge in [0.1, 0.15) is 18.1 Å². The van der Waals surface area contributed by atoms with Crippen LogP contribution in [0.4, 0.5) is 0 Å². The van der Waals surface area contributed by atoms with E-state index in [1.165, 1.54) is 22.3 Å². The predicted molar refractivity (Wildman–Crippen MR) is 144 cm³/mol. The molecule has 4 rings (SSSR count). The third-order valence-electron chi connectivity index (χ3n) is 6.92. The molecule has 5 heteroatoms. The van der Waals surface area contributed by atoms with Crippen molar-refractivity contribution >= 4 is 24.0 Å². The fourth-order valence-electron chi connectivity index (χ4n) is 5.01. The highest BCUT2D eigenvalue weighted by Crippen LogP contribution is 2.47. The van der Waals surface area contributed by atoms with Gasteiger partial charge in [-0.2, -0.15) is 0 Å². The van der Waals surface area contributed by atoms with Gasteiger partial charge in [-0.15, -0.1) is 12.4 Å². The molecule has 2 unspecified atom stereocenters. The van der Waals surface area contributed by atoms with Crippen LogP contribution in [-0.2, 0) is 6.42 Å². The second-order valence-corrected chi connectivity index (χ2v) is 9.12. The Balaban J connectivity index is 0.00000324. The van der Waals surface area contributed by atoms with E-state index in [9.17, 15) is 0 Å². The Morgan fingerprint density at radius 2 is 1.53 bits per heavy atom. The highest BCUT2D eigenvalue weighted by Gasteiger charge is 2.32.